The van der Waals surface area contributed by atoms with Crippen LogP contribution in [0.3, 0.4) is 0 Å². The van der Waals surface area contributed by atoms with E-state index in [1.807, 2.05) is 13.8 Å². The van der Waals surface area contributed by atoms with Gasteiger partial charge in [-0.1, -0.05) is 13.8 Å². The molecule has 126 valence electrons. The maximum atomic E-state index is 12.6. The predicted molar refractivity (Wildman–Crippen MR) is 92.0 cm³/mol. The molecule has 0 fully saturated rings. The van der Waals surface area contributed by atoms with Crippen molar-refractivity contribution in [2.45, 2.75) is 52.9 Å². The molecule has 0 aliphatic heterocycles. The zero-order valence-corrected chi connectivity index (χ0v) is 14.9. The number of nitrogens with one attached hydrogen (secondary N) is 1. The lowest BCUT2D eigenvalue weighted by Crippen LogP contribution is -2.26. The summed E-state index contributed by atoms with van der Waals surface area (Å²) in [5, 5.41) is 3.45. The third-order valence-corrected chi connectivity index (χ3v) is 5.87. The van der Waals surface area contributed by atoms with E-state index < -0.39 is 0 Å². The minimum absolute atomic E-state index is 0.0646. The second-order valence-electron chi connectivity index (χ2n) is 7.49. The van der Waals surface area contributed by atoms with Gasteiger partial charge in [0.1, 0.15) is 5.76 Å². The number of hydrogen-bond acceptors (Lipinski definition) is 5. The van der Waals surface area contributed by atoms with Crippen LogP contribution in [0, 0.1) is 12.3 Å². The average molecular weight is 344 g/mol. The number of anilines is 1. The predicted octanol–water partition coefficient (Wildman–Crippen LogP) is 3.94. The van der Waals surface area contributed by atoms with Gasteiger partial charge in [0.15, 0.2) is 16.7 Å². The Kier molecular flexibility index (Phi) is 3.42. The molecule has 1 amide bonds. The molecule has 6 heteroatoms. The zero-order valence-electron chi connectivity index (χ0n) is 14.1. The van der Waals surface area contributed by atoms with E-state index in [-0.39, 0.29) is 22.9 Å². The maximum Gasteiger partial charge on any atom is 0.293 e. The summed E-state index contributed by atoms with van der Waals surface area (Å²) < 4.78 is 5.80. The van der Waals surface area contributed by atoms with E-state index >= 15 is 0 Å². The molecule has 1 N–H and O–H groups in total. The molecular formula is C18H20N2O3S. The lowest BCUT2D eigenvalue weighted by Gasteiger charge is -2.27. The van der Waals surface area contributed by atoms with Crippen LogP contribution in [0.4, 0.5) is 5.13 Å². The summed E-state index contributed by atoms with van der Waals surface area (Å²) in [5.41, 5.74) is 2.22. The summed E-state index contributed by atoms with van der Waals surface area (Å²) in [4.78, 5) is 30.8. The Morgan fingerprint density at radius 1 is 1.29 bits per heavy atom. The van der Waals surface area contributed by atoms with E-state index in [0.29, 0.717) is 34.9 Å². The highest BCUT2D eigenvalue weighted by Gasteiger charge is 2.37. The molecule has 0 spiro atoms. The lowest BCUT2D eigenvalue weighted by molar-refractivity contribution is 0.0898. The van der Waals surface area contributed by atoms with Crippen molar-refractivity contribution in [1.82, 2.24) is 4.98 Å². The molecule has 0 radical (unpaired) electrons. The van der Waals surface area contributed by atoms with Gasteiger partial charge in [0, 0.05) is 23.3 Å². The highest BCUT2D eigenvalue weighted by atomic mass is 32.1. The Labute approximate surface area is 144 Å². The summed E-state index contributed by atoms with van der Waals surface area (Å²) >= 11 is 1.53. The van der Waals surface area contributed by atoms with E-state index in [4.69, 9.17) is 4.42 Å². The van der Waals surface area contributed by atoms with Gasteiger partial charge in [-0.15, -0.1) is 11.3 Å². The monoisotopic (exact) mass is 344 g/mol. The number of furan rings is 1. The van der Waals surface area contributed by atoms with Crippen LogP contribution in [-0.4, -0.2) is 16.7 Å². The summed E-state index contributed by atoms with van der Waals surface area (Å²) in [6.07, 6.45) is 4.33. The smallest absolute Gasteiger partial charge is 0.293 e. The SMILES string of the molecule is Cc1c(C(=O)Nc2nc3c(s2)CCC3)oc2c1C(=O)CC(C)(C)C2. The van der Waals surface area contributed by atoms with E-state index in [1.165, 1.54) is 16.2 Å². The molecule has 2 aromatic rings. The van der Waals surface area contributed by atoms with Crippen molar-refractivity contribution in [2.24, 2.45) is 5.41 Å². The molecule has 2 aromatic heterocycles. The van der Waals surface area contributed by atoms with Gasteiger partial charge < -0.3 is 4.42 Å². The Morgan fingerprint density at radius 3 is 2.83 bits per heavy atom. The van der Waals surface area contributed by atoms with Gasteiger partial charge in [-0.2, -0.15) is 0 Å². The van der Waals surface area contributed by atoms with E-state index in [2.05, 4.69) is 10.3 Å². The molecule has 24 heavy (non-hydrogen) atoms. The third kappa shape index (κ3) is 2.49. The standard InChI is InChI=1S/C18H20N2O3S/c1-9-14-11(21)7-18(2,3)8-12(14)23-15(9)16(22)20-17-19-10-5-4-6-13(10)24-17/h4-8H2,1-3H3,(H,19,20,22). The molecule has 0 saturated carbocycles. The number of aromatic nitrogens is 1. The first-order chi connectivity index (χ1) is 11.3. The lowest BCUT2D eigenvalue weighted by atomic mass is 9.76. The number of aryl methyl sites for hydroxylation is 2. The highest BCUT2D eigenvalue weighted by molar-refractivity contribution is 7.15. The number of amides is 1. The first kappa shape index (κ1) is 15.6. The third-order valence-electron chi connectivity index (χ3n) is 4.80. The highest BCUT2D eigenvalue weighted by Crippen LogP contribution is 2.38. The molecule has 0 atom stereocenters. The average Bonchev–Trinajstić information content (AvgIpc) is 3.10. The van der Waals surface area contributed by atoms with Crippen LogP contribution in [0.5, 0.6) is 0 Å². The van der Waals surface area contributed by atoms with Crippen LogP contribution in [0.25, 0.3) is 0 Å². The molecule has 2 aliphatic rings. The van der Waals surface area contributed by atoms with Crippen molar-refractivity contribution in [3.05, 3.63) is 33.2 Å². The quantitative estimate of drug-likeness (QED) is 0.895. The molecule has 2 aliphatic carbocycles. The second kappa shape index (κ2) is 5.28. The zero-order chi connectivity index (χ0) is 17.1. The van der Waals surface area contributed by atoms with Crippen LogP contribution in [0.1, 0.15) is 69.5 Å². The van der Waals surface area contributed by atoms with Gasteiger partial charge >= 0.3 is 0 Å². The Hall–Kier alpha value is -1.95. The first-order valence-corrected chi connectivity index (χ1v) is 9.11. The van der Waals surface area contributed by atoms with Crippen LogP contribution in [-0.2, 0) is 19.3 Å². The minimum Gasteiger partial charge on any atom is -0.455 e. The summed E-state index contributed by atoms with van der Waals surface area (Å²) in [6.45, 7) is 5.88. The number of ketones is 1. The largest absolute Gasteiger partial charge is 0.455 e. The van der Waals surface area contributed by atoms with Gasteiger partial charge in [-0.3, -0.25) is 14.9 Å². The van der Waals surface area contributed by atoms with Crippen molar-refractivity contribution in [2.75, 3.05) is 5.32 Å². The Bertz CT molecular complexity index is 838. The van der Waals surface area contributed by atoms with Crippen LogP contribution >= 0.6 is 11.3 Å². The number of thiazole rings is 1. The summed E-state index contributed by atoms with van der Waals surface area (Å²) in [7, 11) is 0. The van der Waals surface area contributed by atoms with Crippen LogP contribution in [0.2, 0.25) is 0 Å². The van der Waals surface area contributed by atoms with Gasteiger partial charge in [0.2, 0.25) is 0 Å². The van der Waals surface area contributed by atoms with E-state index in [0.717, 1.165) is 25.0 Å². The van der Waals surface area contributed by atoms with Crippen molar-refractivity contribution in [3.63, 3.8) is 0 Å². The molecule has 0 bridgehead atoms. The van der Waals surface area contributed by atoms with Crippen molar-refractivity contribution >= 4 is 28.2 Å². The second-order valence-corrected chi connectivity index (χ2v) is 8.58. The van der Waals surface area contributed by atoms with Crippen LogP contribution < -0.4 is 5.32 Å². The van der Waals surface area contributed by atoms with Crippen molar-refractivity contribution < 1.29 is 14.0 Å². The number of carbonyl (C=O) groups is 2. The summed E-state index contributed by atoms with van der Waals surface area (Å²) in [5.74, 6) is 0.622. The number of Topliss-reactive ketones (excluding diaryl/α,β-unsaturated/α-hetero) is 1. The van der Waals surface area contributed by atoms with Gasteiger partial charge in [-0.25, -0.2) is 4.98 Å². The number of nitrogens with zero attached hydrogens (tertiary/aromatic N) is 1. The normalized spacial score (nSPS) is 18.4. The molecule has 4 rings (SSSR count). The molecule has 0 aromatic carbocycles. The van der Waals surface area contributed by atoms with Gasteiger partial charge in [-0.05, 0) is 31.6 Å². The summed E-state index contributed by atoms with van der Waals surface area (Å²) in [6, 6.07) is 0. The Balaban J connectivity index is 1.62. The molecular weight excluding hydrogens is 324 g/mol. The molecule has 0 saturated heterocycles. The van der Waals surface area contributed by atoms with E-state index in [1.54, 1.807) is 6.92 Å². The first-order valence-electron chi connectivity index (χ1n) is 8.29. The fourth-order valence-corrected chi connectivity index (χ4v) is 4.74. The maximum absolute atomic E-state index is 12.6. The topological polar surface area (TPSA) is 72.2 Å². The number of fused-ring (bicyclic) bond motifs is 2. The van der Waals surface area contributed by atoms with Crippen molar-refractivity contribution in [1.29, 1.82) is 0 Å². The number of carbonyl (C=O) groups excluding carboxylic acids is 2. The van der Waals surface area contributed by atoms with Gasteiger partial charge in [0.25, 0.3) is 5.91 Å². The van der Waals surface area contributed by atoms with Gasteiger partial charge in [0.05, 0.1) is 11.3 Å². The number of rotatable bonds is 2. The Morgan fingerprint density at radius 2 is 2.08 bits per heavy atom. The fraction of sp³-hybridized carbons (Fsp3) is 0.500. The van der Waals surface area contributed by atoms with E-state index in [9.17, 15) is 9.59 Å². The van der Waals surface area contributed by atoms with Crippen molar-refractivity contribution in [3.8, 4) is 0 Å². The minimum atomic E-state index is -0.320. The molecule has 0 unspecified atom stereocenters. The number of hydrogen-bond donors (Lipinski definition) is 1. The van der Waals surface area contributed by atoms with Crippen LogP contribution in [0.15, 0.2) is 4.42 Å². The fourth-order valence-electron chi connectivity index (χ4n) is 3.70. The molecule has 2 heterocycles. The molecule has 5 nitrogen and oxygen atoms in total.